The smallest absolute Gasteiger partial charge is 0.188 e. The third-order valence-corrected chi connectivity index (χ3v) is 3.48. The second-order valence-corrected chi connectivity index (χ2v) is 5.26. The molecule has 0 aromatic heterocycles. The third-order valence-electron chi connectivity index (χ3n) is 3.48. The van der Waals surface area contributed by atoms with E-state index >= 15 is 0 Å². The molecule has 1 atom stereocenters. The normalized spacial score (nSPS) is 17.4. The molecule has 110 valence electrons. The highest BCUT2D eigenvalue weighted by Gasteiger charge is 2.16. The molecule has 1 unspecified atom stereocenters. The van der Waals surface area contributed by atoms with Crippen molar-refractivity contribution in [2.75, 3.05) is 13.1 Å². The lowest BCUT2D eigenvalue weighted by Crippen LogP contribution is -2.38. The predicted octanol–water partition coefficient (Wildman–Crippen LogP) is 2.30. The number of guanidine groups is 1. The van der Waals surface area contributed by atoms with Gasteiger partial charge in [0.15, 0.2) is 17.5 Å². The fourth-order valence-corrected chi connectivity index (χ4v) is 2.02. The van der Waals surface area contributed by atoms with Crippen LogP contribution in [0.4, 0.5) is 4.39 Å². The van der Waals surface area contributed by atoms with E-state index in [0.717, 1.165) is 12.5 Å². The van der Waals surface area contributed by atoms with Crippen LogP contribution in [0, 0.1) is 11.7 Å². The van der Waals surface area contributed by atoms with Gasteiger partial charge in [-0.05, 0) is 37.8 Å². The zero-order chi connectivity index (χ0) is 14.4. The highest BCUT2D eigenvalue weighted by Crippen LogP contribution is 2.25. The first-order valence-corrected chi connectivity index (χ1v) is 7.10. The van der Waals surface area contributed by atoms with Gasteiger partial charge in [-0.25, -0.2) is 9.38 Å². The van der Waals surface area contributed by atoms with Crippen LogP contribution >= 0.6 is 0 Å². The summed E-state index contributed by atoms with van der Waals surface area (Å²) in [6.07, 6.45) is 3.63. The molecule has 2 rings (SSSR count). The second-order valence-electron chi connectivity index (χ2n) is 5.26. The Morgan fingerprint density at radius 2 is 2.25 bits per heavy atom. The Kier molecular flexibility index (Phi) is 5.21. The van der Waals surface area contributed by atoms with Gasteiger partial charge in [0, 0.05) is 6.54 Å². The Bertz CT molecular complexity index is 460. The summed E-state index contributed by atoms with van der Waals surface area (Å²) >= 11 is 0. The molecule has 0 saturated heterocycles. The molecular formula is C15H22FN3O. The minimum Gasteiger partial charge on any atom is -0.486 e. The summed E-state index contributed by atoms with van der Waals surface area (Å²) in [7, 11) is 0. The summed E-state index contributed by atoms with van der Waals surface area (Å²) in [6, 6.07) is 6.35. The first-order valence-electron chi connectivity index (χ1n) is 7.10. The number of benzene rings is 1. The zero-order valence-corrected chi connectivity index (χ0v) is 11.8. The number of aliphatic imine (C=N–C) groups is 1. The average molecular weight is 279 g/mol. The first-order chi connectivity index (χ1) is 9.65. The van der Waals surface area contributed by atoms with Gasteiger partial charge in [-0.2, -0.15) is 0 Å². The van der Waals surface area contributed by atoms with E-state index in [9.17, 15) is 4.39 Å². The van der Waals surface area contributed by atoms with Crippen molar-refractivity contribution in [3.8, 4) is 5.75 Å². The van der Waals surface area contributed by atoms with Crippen LogP contribution < -0.4 is 15.8 Å². The van der Waals surface area contributed by atoms with Crippen molar-refractivity contribution in [3.05, 3.63) is 30.1 Å². The van der Waals surface area contributed by atoms with Crippen molar-refractivity contribution in [2.24, 2.45) is 16.6 Å². The van der Waals surface area contributed by atoms with E-state index in [-0.39, 0.29) is 17.7 Å². The van der Waals surface area contributed by atoms with Crippen molar-refractivity contribution < 1.29 is 9.13 Å². The average Bonchev–Trinajstić information content (AvgIpc) is 2.37. The Labute approximate surface area is 119 Å². The number of rotatable bonds is 6. The van der Waals surface area contributed by atoms with Crippen molar-refractivity contribution in [2.45, 2.75) is 32.3 Å². The number of nitrogens with zero attached hydrogens (tertiary/aromatic N) is 1. The number of halogens is 1. The van der Waals surface area contributed by atoms with Gasteiger partial charge in [-0.15, -0.1) is 0 Å². The van der Waals surface area contributed by atoms with Crippen molar-refractivity contribution in [1.82, 2.24) is 5.32 Å². The van der Waals surface area contributed by atoms with Gasteiger partial charge < -0.3 is 15.8 Å². The lowest BCUT2D eigenvalue weighted by molar-refractivity contribution is 0.220. The van der Waals surface area contributed by atoms with E-state index in [4.69, 9.17) is 10.5 Å². The number of ether oxygens (including phenoxy) is 1. The van der Waals surface area contributed by atoms with Crippen LogP contribution in [0.5, 0.6) is 5.75 Å². The van der Waals surface area contributed by atoms with Gasteiger partial charge >= 0.3 is 0 Å². The van der Waals surface area contributed by atoms with Gasteiger partial charge in [0.25, 0.3) is 0 Å². The Morgan fingerprint density at radius 1 is 1.50 bits per heavy atom. The Balaban J connectivity index is 1.73. The number of hydrogen-bond donors (Lipinski definition) is 2. The van der Waals surface area contributed by atoms with Crippen LogP contribution in [-0.4, -0.2) is 25.2 Å². The monoisotopic (exact) mass is 279 g/mol. The van der Waals surface area contributed by atoms with Crippen LogP contribution in [0.1, 0.15) is 26.2 Å². The molecule has 5 heteroatoms. The van der Waals surface area contributed by atoms with Gasteiger partial charge in [0.1, 0.15) is 6.10 Å². The van der Waals surface area contributed by atoms with E-state index in [1.165, 1.54) is 25.3 Å². The number of hydrogen-bond acceptors (Lipinski definition) is 2. The zero-order valence-electron chi connectivity index (χ0n) is 11.8. The van der Waals surface area contributed by atoms with Crippen LogP contribution in [-0.2, 0) is 0 Å². The highest BCUT2D eigenvalue weighted by atomic mass is 19.1. The molecule has 1 aliphatic carbocycles. The summed E-state index contributed by atoms with van der Waals surface area (Å²) in [4.78, 5) is 4.22. The van der Waals surface area contributed by atoms with Crippen LogP contribution in [0.25, 0.3) is 0 Å². The number of nitrogens with one attached hydrogen (secondary N) is 1. The fraction of sp³-hybridized carbons (Fsp3) is 0.533. The first kappa shape index (κ1) is 14.6. The summed E-state index contributed by atoms with van der Waals surface area (Å²) < 4.78 is 18.9. The molecule has 4 nitrogen and oxygen atoms in total. The maximum absolute atomic E-state index is 13.4. The Morgan fingerprint density at radius 3 is 2.90 bits per heavy atom. The highest BCUT2D eigenvalue weighted by molar-refractivity contribution is 5.77. The van der Waals surface area contributed by atoms with Gasteiger partial charge in [0.05, 0.1) is 6.54 Å². The molecule has 0 radical (unpaired) electrons. The van der Waals surface area contributed by atoms with E-state index in [2.05, 4.69) is 10.3 Å². The molecule has 3 N–H and O–H groups in total. The van der Waals surface area contributed by atoms with Gasteiger partial charge in [0.2, 0.25) is 0 Å². The summed E-state index contributed by atoms with van der Waals surface area (Å²) in [5, 5.41) is 3.11. The van der Waals surface area contributed by atoms with E-state index in [1.54, 1.807) is 18.2 Å². The van der Waals surface area contributed by atoms with E-state index < -0.39 is 0 Å². The molecule has 1 aromatic rings. The molecule has 1 saturated carbocycles. The molecule has 20 heavy (non-hydrogen) atoms. The van der Waals surface area contributed by atoms with Crippen LogP contribution in [0.3, 0.4) is 0 Å². The van der Waals surface area contributed by atoms with Gasteiger partial charge in [-0.1, -0.05) is 18.6 Å². The maximum Gasteiger partial charge on any atom is 0.188 e. The van der Waals surface area contributed by atoms with Crippen LogP contribution in [0.2, 0.25) is 0 Å². The summed E-state index contributed by atoms with van der Waals surface area (Å²) in [5.74, 6) is 1.05. The molecule has 1 aliphatic rings. The summed E-state index contributed by atoms with van der Waals surface area (Å²) in [6.45, 7) is 3.13. The summed E-state index contributed by atoms with van der Waals surface area (Å²) in [5.41, 5.74) is 5.78. The van der Waals surface area contributed by atoms with Crippen LogP contribution in [0.15, 0.2) is 29.3 Å². The largest absolute Gasteiger partial charge is 0.486 e. The Hall–Kier alpha value is -1.78. The fourth-order valence-electron chi connectivity index (χ4n) is 2.02. The van der Waals surface area contributed by atoms with E-state index in [0.29, 0.717) is 12.5 Å². The minimum atomic E-state index is -0.362. The molecule has 1 fully saturated rings. The molecule has 0 amide bonds. The number of para-hydroxylation sites is 1. The lowest BCUT2D eigenvalue weighted by Gasteiger charge is -2.25. The molecule has 0 bridgehead atoms. The standard InChI is InChI=1S/C15H22FN3O/c1-11(20-14-8-3-2-7-13(14)16)9-18-15(17)19-10-12-5-4-6-12/h2-3,7-8,11-12H,4-6,9-10H2,1H3,(H3,17,18,19). The SMILES string of the molecule is CC(CN=C(N)NCC1CCC1)Oc1ccccc1F. The molecule has 0 heterocycles. The molecule has 1 aromatic carbocycles. The third kappa shape index (κ3) is 4.40. The second kappa shape index (κ2) is 7.12. The quantitative estimate of drug-likeness (QED) is 0.620. The topological polar surface area (TPSA) is 59.6 Å². The van der Waals surface area contributed by atoms with Crippen molar-refractivity contribution >= 4 is 5.96 Å². The van der Waals surface area contributed by atoms with Crippen molar-refractivity contribution in [3.63, 3.8) is 0 Å². The minimum absolute atomic E-state index is 0.226. The molecular weight excluding hydrogens is 257 g/mol. The van der Waals surface area contributed by atoms with E-state index in [1.807, 2.05) is 6.92 Å². The van der Waals surface area contributed by atoms with Gasteiger partial charge in [-0.3, -0.25) is 0 Å². The predicted molar refractivity (Wildman–Crippen MR) is 78.3 cm³/mol. The number of nitrogens with two attached hydrogens (primary N) is 1. The molecule has 0 spiro atoms. The van der Waals surface area contributed by atoms with Crippen molar-refractivity contribution in [1.29, 1.82) is 0 Å². The lowest BCUT2D eigenvalue weighted by atomic mass is 9.85. The molecule has 0 aliphatic heterocycles. The maximum atomic E-state index is 13.4.